The first kappa shape index (κ1) is 25.5. The minimum absolute atomic E-state index is 0.175. The number of imidazole rings is 2. The molecule has 5 aromatic rings. The molecule has 0 spiro atoms. The van der Waals surface area contributed by atoms with E-state index in [4.69, 9.17) is 11.5 Å². The van der Waals surface area contributed by atoms with Crippen LogP contribution in [0.1, 0.15) is 43.9 Å². The largest absolute Gasteiger partial charge is 0.369 e. The fraction of sp³-hybridized carbons (Fsp3) is 0.182. The van der Waals surface area contributed by atoms with Gasteiger partial charge in [-0.3, -0.25) is 9.59 Å². The number of nitrogens with zero attached hydrogens (tertiary/aromatic N) is 2. The van der Waals surface area contributed by atoms with Crippen LogP contribution >= 0.6 is 63.7 Å². The van der Waals surface area contributed by atoms with Crippen molar-refractivity contribution in [2.45, 2.75) is 11.8 Å². The third-order valence-corrected chi connectivity index (χ3v) is 10.2. The monoisotopic (exact) mass is 772 g/mol. The van der Waals surface area contributed by atoms with Crippen molar-refractivity contribution < 1.29 is 9.59 Å². The van der Waals surface area contributed by atoms with Gasteiger partial charge in [0.25, 0.3) is 11.8 Å². The fourth-order valence-corrected chi connectivity index (χ4v) is 6.30. The number of aromatic amines is 4. The molecule has 196 valence electrons. The van der Waals surface area contributed by atoms with Crippen LogP contribution < -0.4 is 22.1 Å². The lowest BCUT2D eigenvalue weighted by atomic mass is 9.67. The Balaban J connectivity index is 1.35. The summed E-state index contributed by atoms with van der Waals surface area (Å²) in [5, 5.41) is 6.00. The maximum Gasteiger partial charge on any atom is 0.267 e. The zero-order valence-corrected chi connectivity index (χ0v) is 25.4. The summed E-state index contributed by atoms with van der Waals surface area (Å²) in [7, 11) is 0. The van der Waals surface area contributed by atoms with Crippen molar-refractivity contribution in [2.24, 2.45) is 0 Å². The number of benzene rings is 1. The maximum absolute atomic E-state index is 12.9. The Kier molecular flexibility index (Phi) is 6.32. The number of carbonyl (C=O) groups is 2. The number of hydrogen-bond acceptors (Lipinski definition) is 6. The molecule has 0 aliphatic heterocycles. The van der Waals surface area contributed by atoms with Gasteiger partial charge in [0, 0.05) is 24.9 Å². The van der Waals surface area contributed by atoms with Crippen molar-refractivity contribution in [1.29, 1.82) is 0 Å². The van der Waals surface area contributed by atoms with Crippen molar-refractivity contribution >= 4 is 109 Å². The summed E-state index contributed by atoms with van der Waals surface area (Å²) in [6, 6.07) is 3.39. The first-order valence-corrected chi connectivity index (χ1v) is 14.4. The number of nitrogen functional groups attached to an aromatic ring is 2. The number of amides is 2. The number of rotatable bonds is 6. The van der Waals surface area contributed by atoms with Gasteiger partial charge in [0.2, 0.25) is 0 Å². The van der Waals surface area contributed by atoms with Gasteiger partial charge < -0.3 is 42.0 Å². The van der Waals surface area contributed by atoms with Crippen LogP contribution in [0.25, 0.3) is 22.1 Å². The molecule has 38 heavy (non-hydrogen) atoms. The highest BCUT2D eigenvalue weighted by atomic mass is 79.9. The van der Waals surface area contributed by atoms with Crippen LogP contribution in [0.3, 0.4) is 0 Å². The van der Waals surface area contributed by atoms with Crippen molar-refractivity contribution in [2.75, 3.05) is 24.6 Å². The summed E-state index contributed by atoms with van der Waals surface area (Å²) in [6.45, 7) is 0.598. The molecule has 10 N–H and O–H groups in total. The normalized spacial score (nSPS) is 16.5. The Labute approximate surface area is 247 Å². The van der Waals surface area contributed by atoms with Gasteiger partial charge >= 0.3 is 0 Å². The second-order valence-corrected chi connectivity index (χ2v) is 12.1. The summed E-state index contributed by atoms with van der Waals surface area (Å²) in [4.78, 5) is 47.0. The smallest absolute Gasteiger partial charge is 0.267 e. The number of carbonyl (C=O) groups excluding carboxylic acids is 2. The summed E-state index contributed by atoms with van der Waals surface area (Å²) in [5.41, 5.74) is 17.4. The molecular formula is C22H18Br4N10O2. The highest BCUT2D eigenvalue weighted by Gasteiger charge is 2.43. The molecule has 4 aromatic heterocycles. The molecule has 0 saturated heterocycles. The molecule has 1 aliphatic rings. The lowest BCUT2D eigenvalue weighted by Crippen LogP contribution is -2.42. The third-order valence-electron chi connectivity index (χ3n) is 6.63. The average Bonchev–Trinajstić information content (AvgIpc) is 3.60. The summed E-state index contributed by atoms with van der Waals surface area (Å²) >= 11 is 13.5. The summed E-state index contributed by atoms with van der Waals surface area (Å²) in [5.74, 6) is -0.373. The van der Waals surface area contributed by atoms with Gasteiger partial charge in [-0.05, 0) is 87.0 Å². The van der Waals surface area contributed by atoms with E-state index < -0.39 is 0 Å². The number of anilines is 2. The van der Waals surface area contributed by atoms with Gasteiger partial charge in [0.15, 0.2) is 11.9 Å². The number of nitrogens with one attached hydrogen (secondary N) is 6. The molecule has 1 aliphatic carbocycles. The van der Waals surface area contributed by atoms with E-state index in [1.54, 1.807) is 12.1 Å². The fourth-order valence-electron chi connectivity index (χ4n) is 4.98. The molecule has 0 fully saturated rings. The Morgan fingerprint density at radius 2 is 1.13 bits per heavy atom. The second kappa shape index (κ2) is 9.43. The van der Waals surface area contributed by atoms with E-state index in [9.17, 15) is 9.59 Å². The minimum atomic E-state index is -0.267. The highest BCUT2D eigenvalue weighted by molar-refractivity contribution is 9.13. The van der Waals surface area contributed by atoms with E-state index in [2.05, 4.69) is 104 Å². The first-order chi connectivity index (χ1) is 18.1. The average molecular weight is 776 g/mol. The molecule has 6 rings (SSSR count). The second-order valence-electron chi connectivity index (χ2n) is 8.84. The third kappa shape index (κ3) is 4.13. The predicted octanol–water partition coefficient (Wildman–Crippen LogP) is 4.35. The van der Waals surface area contributed by atoms with Gasteiger partial charge in [0.05, 0.1) is 40.2 Å². The van der Waals surface area contributed by atoms with Crippen LogP contribution in [0.5, 0.6) is 0 Å². The molecule has 16 heteroatoms. The lowest BCUT2D eigenvalue weighted by Gasteiger charge is -2.40. The zero-order valence-electron chi connectivity index (χ0n) is 19.1. The standard InChI is InChI=1S/C22H18Br4N10O2/c23-7-1-9(31-17(7)25)19(37)29-3-5-6(4-30-20(38)10-2-8(24)18(26)32-10)12-11(5)13-15(35-21(27)33-13)16-14(12)34-22(28)36-16/h1-2,5-6,31-32H,3-4H2,(H,29,37)(H,30,38)(H3,27,33,35)(H3,28,34,36)/t5-,6-/m1/s1/i29+1,30+1. The van der Waals surface area contributed by atoms with E-state index in [1.807, 2.05) is 0 Å². The zero-order chi connectivity index (χ0) is 26.9. The van der Waals surface area contributed by atoms with E-state index >= 15 is 0 Å². The summed E-state index contributed by atoms with van der Waals surface area (Å²) < 4.78 is 2.83. The van der Waals surface area contributed by atoms with E-state index in [0.29, 0.717) is 55.8 Å². The van der Waals surface area contributed by atoms with Crippen LogP contribution in [0, 0.1) is 0 Å². The molecule has 12 nitrogen and oxygen atoms in total. The van der Waals surface area contributed by atoms with Crippen LogP contribution in [-0.2, 0) is 0 Å². The first-order valence-electron chi connectivity index (χ1n) is 11.2. The van der Waals surface area contributed by atoms with Crippen molar-refractivity contribution in [3.63, 3.8) is 0 Å². The van der Waals surface area contributed by atoms with Gasteiger partial charge in [-0.1, -0.05) is 0 Å². The van der Waals surface area contributed by atoms with Crippen molar-refractivity contribution in [3.05, 3.63) is 52.8 Å². The quantitative estimate of drug-likeness (QED) is 0.118. The predicted molar refractivity (Wildman–Crippen MR) is 157 cm³/mol. The number of halogens is 4. The molecule has 0 unspecified atom stereocenters. The van der Waals surface area contributed by atoms with Crippen LogP contribution in [0.4, 0.5) is 11.9 Å². The Hall–Kier alpha value is -2.82. The maximum atomic E-state index is 12.9. The molecule has 4 heterocycles. The number of H-pyrrole nitrogens is 4. The number of nitrogens with two attached hydrogens (primary N) is 2. The minimum Gasteiger partial charge on any atom is -0.369 e. The lowest BCUT2D eigenvalue weighted by molar-refractivity contribution is 0.0927. The van der Waals surface area contributed by atoms with Gasteiger partial charge in [-0.15, -0.1) is 0 Å². The topological polar surface area (TPSA) is 199 Å². The highest BCUT2D eigenvalue weighted by Crippen LogP contribution is 2.52. The molecule has 2 amide bonds. The summed E-state index contributed by atoms with van der Waals surface area (Å²) in [6.07, 6.45) is 0. The van der Waals surface area contributed by atoms with E-state index in [-0.39, 0.29) is 35.5 Å². The van der Waals surface area contributed by atoms with E-state index in [1.165, 1.54) is 0 Å². The number of aromatic nitrogens is 6. The van der Waals surface area contributed by atoms with Crippen LogP contribution in [0.15, 0.2) is 30.3 Å². The van der Waals surface area contributed by atoms with E-state index in [0.717, 1.165) is 20.1 Å². The SMILES string of the molecule is Nc1nc2c3c(c4nc(N)[nH]c4c2[nH]1)[C@H](C[15NH]C(=O)c1cc(Br)c(Br)[nH]1)[C@H]3C[15NH]C(=O)c1cc(Br)c(Br)[nH]1. The van der Waals surface area contributed by atoms with Crippen molar-refractivity contribution in [1.82, 2.24) is 40.5 Å². The van der Waals surface area contributed by atoms with Gasteiger partial charge in [-0.2, -0.15) is 0 Å². The number of hydrogen-bond donors (Lipinski definition) is 8. The molecule has 0 bridgehead atoms. The Morgan fingerprint density at radius 1 is 0.737 bits per heavy atom. The van der Waals surface area contributed by atoms with Gasteiger partial charge in [0.1, 0.15) is 11.4 Å². The molecule has 2 atom stereocenters. The van der Waals surface area contributed by atoms with Gasteiger partial charge in [-0.25, -0.2) is 9.97 Å². The Bertz CT molecular complexity index is 1600. The van der Waals surface area contributed by atoms with Crippen LogP contribution in [0.2, 0.25) is 0 Å². The Morgan fingerprint density at radius 3 is 1.47 bits per heavy atom. The van der Waals surface area contributed by atoms with Crippen LogP contribution in [-0.4, -0.2) is 54.8 Å². The number of fused-ring (bicyclic) bond motifs is 6. The molecule has 1 aromatic carbocycles. The molecule has 0 saturated carbocycles. The molecule has 0 radical (unpaired) electrons. The molecular weight excluding hydrogens is 758 g/mol. The van der Waals surface area contributed by atoms with Crippen molar-refractivity contribution in [3.8, 4) is 0 Å².